The number of nitrogens with zero attached hydrogens (tertiary/aromatic N) is 8. The van der Waals surface area contributed by atoms with Gasteiger partial charge < -0.3 is 20.4 Å². The van der Waals surface area contributed by atoms with Crippen LogP contribution in [0.4, 0.5) is 17.5 Å². The Bertz CT molecular complexity index is 1800. The summed E-state index contributed by atoms with van der Waals surface area (Å²) in [6, 6.07) is 11.7. The molecule has 0 bridgehead atoms. The highest BCUT2D eigenvalue weighted by atomic mass is 35.5. The molecule has 1 saturated heterocycles. The maximum absolute atomic E-state index is 12.3. The van der Waals surface area contributed by atoms with Crippen LogP contribution in [0.25, 0.3) is 27.7 Å². The van der Waals surface area contributed by atoms with Crippen molar-refractivity contribution in [2.24, 2.45) is 0 Å². The molecule has 12 heteroatoms. The minimum Gasteiger partial charge on any atom is -0.354 e. The number of aromatic nitrogens is 6. The molecule has 214 valence electrons. The number of halogens is 1. The molecule has 1 aliphatic rings. The highest BCUT2D eigenvalue weighted by Crippen LogP contribution is 2.32. The molecule has 0 spiro atoms. The number of aryl methyl sites for hydroxylation is 1. The summed E-state index contributed by atoms with van der Waals surface area (Å²) in [5.74, 6) is 1.88. The third-order valence-electron chi connectivity index (χ3n) is 7.04. The van der Waals surface area contributed by atoms with Gasteiger partial charge in [-0.1, -0.05) is 23.7 Å². The summed E-state index contributed by atoms with van der Waals surface area (Å²) in [6.45, 7) is 4.11. The molecule has 2 N–H and O–H groups in total. The Morgan fingerprint density at radius 1 is 1.17 bits per heavy atom. The highest BCUT2D eigenvalue weighted by molar-refractivity contribution is 6.33. The Morgan fingerprint density at radius 3 is 2.90 bits per heavy atom. The van der Waals surface area contributed by atoms with Crippen molar-refractivity contribution < 1.29 is 4.79 Å². The summed E-state index contributed by atoms with van der Waals surface area (Å²) >= 11 is 6.51. The van der Waals surface area contributed by atoms with Crippen LogP contribution in [0.3, 0.4) is 0 Å². The molecular weight excluding hydrogens is 552 g/mol. The second-order valence-electron chi connectivity index (χ2n) is 10.5. The van der Waals surface area contributed by atoms with Crippen LogP contribution in [0.5, 0.6) is 0 Å². The first-order chi connectivity index (χ1) is 20.3. The molecule has 11 nitrogen and oxygen atoms in total. The van der Waals surface area contributed by atoms with E-state index in [2.05, 4.69) is 30.6 Å². The number of hydrogen-bond acceptors (Lipinski definition) is 9. The van der Waals surface area contributed by atoms with Gasteiger partial charge in [0.1, 0.15) is 11.6 Å². The molecule has 0 radical (unpaired) electrons. The average Bonchev–Trinajstić information content (AvgIpc) is 3.60. The third kappa shape index (κ3) is 5.88. The molecule has 0 aliphatic carbocycles. The zero-order valence-corrected chi connectivity index (χ0v) is 24.4. The Balaban J connectivity index is 1.18. The summed E-state index contributed by atoms with van der Waals surface area (Å²) in [4.78, 5) is 35.2. The van der Waals surface area contributed by atoms with Crippen LogP contribution >= 0.6 is 11.6 Å². The smallest absolute Gasteiger partial charge is 0.248 e. The number of rotatable bonds is 8. The van der Waals surface area contributed by atoms with Crippen molar-refractivity contribution in [3.63, 3.8) is 0 Å². The summed E-state index contributed by atoms with van der Waals surface area (Å²) in [5, 5.41) is 12.2. The standard InChI is InChI=1S/C30H31ClN10O/c1-19-34-25-15-20(36-27(42)8-6-12-39(2)3)9-10-22(25)29(35-19)40-14-11-21(18-40)37-30-32-17-24(31)28(38-30)23-16-33-41-13-5-4-7-26(23)41/h4-10,13,15-17,21H,11-12,14,18H2,1-3H3,(H,36,42)(H,32,37,38). The number of anilines is 3. The van der Waals surface area contributed by atoms with Crippen LogP contribution < -0.4 is 15.5 Å². The maximum Gasteiger partial charge on any atom is 0.248 e. The van der Waals surface area contributed by atoms with E-state index in [0.717, 1.165) is 47.3 Å². The molecule has 1 fully saturated rings. The predicted octanol–water partition coefficient (Wildman–Crippen LogP) is 4.44. The lowest BCUT2D eigenvalue weighted by molar-refractivity contribution is -0.111. The number of hydrogen-bond donors (Lipinski definition) is 2. The molecule has 5 aromatic rings. The van der Waals surface area contributed by atoms with Crippen LogP contribution in [0.2, 0.25) is 5.02 Å². The monoisotopic (exact) mass is 582 g/mol. The first-order valence-electron chi connectivity index (χ1n) is 13.7. The van der Waals surface area contributed by atoms with Crippen LogP contribution in [0.1, 0.15) is 12.2 Å². The van der Waals surface area contributed by atoms with Crippen LogP contribution in [-0.4, -0.2) is 80.1 Å². The maximum atomic E-state index is 12.3. The topological polar surface area (TPSA) is 116 Å². The van der Waals surface area contributed by atoms with E-state index in [9.17, 15) is 4.79 Å². The van der Waals surface area contributed by atoms with Gasteiger partial charge in [-0.15, -0.1) is 0 Å². The van der Waals surface area contributed by atoms with Crippen molar-refractivity contribution in [1.29, 1.82) is 0 Å². The fourth-order valence-electron chi connectivity index (χ4n) is 5.09. The molecule has 1 amide bonds. The molecule has 42 heavy (non-hydrogen) atoms. The van der Waals surface area contributed by atoms with E-state index >= 15 is 0 Å². The van der Waals surface area contributed by atoms with Crippen molar-refractivity contribution in [2.45, 2.75) is 19.4 Å². The van der Waals surface area contributed by atoms with Gasteiger partial charge in [0.15, 0.2) is 0 Å². The summed E-state index contributed by atoms with van der Waals surface area (Å²) in [7, 11) is 3.91. The Morgan fingerprint density at radius 2 is 2.05 bits per heavy atom. The van der Waals surface area contributed by atoms with Gasteiger partial charge in [0.05, 0.1) is 34.1 Å². The average molecular weight is 583 g/mol. The fourth-order valence-corrected chi connectivity index (χ4v) is 5.29. The molecule has 5 heterocycles. The summed E-state index contributed by atoms with van der Waals surface area (Å²) in [6.07, 6.45) is 9.54. The molecule has 1 aromatic carbocycles. The first kappa shape index (κ1) is 27.6. The van der Waals surface area contributed by atoms with E-state index in [1.807, 2.05) is 74.6 Å². The lowest BCUT2D eigenvalue weighted by atomic mass is 10.2. The van der Waals surface area contributed by atoms with E-state index in [-0.39, 0.29) is 11.9 Å². The largest absolute Gasteiger partial charge is 0.354 e. The van der Waals surface area contributed by atoms with E-state index < -0.39 is 0 Å². The number of carbonyl (C=O) groups is 1. The first-order valence-corrected chi connectivity index (χ1v) is 14.1. The molecule has 4 aromatic heterocycles. The summed E-state index contributed by atoms with van der Waals surface area (Å²) < 4.78 is 1.80. The quantitative estimate of drug-likeness (QED) is 0.256. The lowest BCUT2D eigenvalue weighted by Crippen LogP contribution is -2.27. The lowest BCUT2D eigenvalue weighted by Gasteiger charge is -2.20. The number of likely N-dealkylation sites (N-methyl/N-ethyl adjacent to an activating group) is 1. The normalized spacial score (nSPS) is 15.4. The van der Waals surface area contributed by atoms with Crippen molar-refractivity contribution in [3.05, 3.63) is 78.0 Å². The van der Waals surface area contributed by atoms with Crippen LogP contribution in [0.15, 0.2) is 67.1 Å². The second-order valence-corrected chi connectivity index (χ2v) is 10.9. The fraction of sp³-hybridized carbons (Fsp3) is 0.267. The predicted molar refractivity (Wildman–Crippen MR) is 166 cm³/mol. The highest BCUT2D eigenvalue weighted by Gasteiger charge is 2.26. The van der Waals surface area contributed by atoms with Crippen LogP contribution in [0, 0.1) is 6.92 Å². The van der Waals surface area contributed by atoms with Gasteiger partial charge in [-0.2, -0.15) is 5.10 Å². The number of nitrogens with one attached hydrogen (secondary N) is 2. The van der Waals surface area contributed by atoms with Crippen molar-refractivity contribution in [3.8, 4) is 11.3 Å². The van der Waals surface area contributed by atoms with Gasteiger partial charge in [-0.05, 0) is 57.8 Å². The zero-order valence-electron chi connectivity index (χ0n) is 23.6. The SMILES string of the molecule is Cc1nc(N2CCC(Nc3ncc(Cl)c(-c4cnn5ccccc45)n3)C2)c2ccc(NC(=O)C=CCN(C)C)cc2n1. The van der Waals surface area contributed by atoms with Gasteiger partial charge in [0.25, 0.3) is 0 Å². The molecule has 0 saturated carbocycles. The number of fused-ring (bicyclic) bond motifs is 2. The Hall–Kier alpha value is -4.61. The van der Waals surface area contributed by atoms with Crippen molar-refractivity contribution >= 4 is 51.4 Å². The zero-order chi connectivity index (χ0) is 29.2. The van der Waals surface area contributed by atoms with Gasteiger partial charge in [-0.25, -0.2) is 24.5 Å². The Kier molecular flexibility index (Phi) is 7.68. The minimum atomic E-state index is -0.176. The summed E-state index contributed by atoms with van der Waals surface area (Å²) in [5.41, 5.74) is 3.88. The van der Waals surface area contributed by atoms with E-state index in [1.165, 1.54) is 0 Å². The van der Waals surface area contributed by atoms with Crippen molar-refractivity contribution in [2.75, 3.05) is 49.3 Å². The second kappa shape index (κ2) is 11.7. The van der Waals surface area contributed by atoms with E-state index in [4.69, 9.17) is 21.6 Å². The van der Waals surface area contributed by atoms with Gasteiger partial charge in [-0.3, -0.25) is 4.79 Å². The Labute approximate surface area is 248 Å². The van der Waals surface area contributed by atoms with Gasteiger partial charge in [0, 0.05) is 54.6 Å². The van der Waals surface area contributed by atoms with Gasteiger partial charge in [0.2, 0.25) is 11.9 Å². The van der Waals surface area contributed by atoms with Gasteiger partial charge >= 0.3 is 0 Å². The minimum absolute atomic E-state index is 0.112. The molecule has 1 aliphatic heterocycles. The number of carbonyl (C=O) groups excluding carboxylic acids is 1. The third-order valence-corrected chi connectivity index (χ3v) is 7.32. The van der Waals surface area contributed by atoms with Crippen molar-refractivity contribution in [1.82, 2.24) is 34.4 Å². The number of benzene rings is 1. The van der Waals surface area contributed by atoms with E-state index in [1.54, 1.807) is 23.0 Å². The number of amides is 1. The molecule has 1 atom stereocenters. The number of pyridine rings is 1. The molecular formula is C30H31ClN10O. The van der Waals surface area contributed by atoms with Crippen LogP contribution in [-0.2, 0) is 4.79 Å². The van der Waals surface area contributed by atoms with E-state index in [0.29, 0.717) is 34.7 Å². The molecule has 6 rings (SSSR count). The molecule has 1 unspecified atom stereocenters.